The van der Waals surface area contributed by atoms with Crippen molar-refractivity contribution in [2.75, 3.05) is 25.4 Å². The number of benzene rings is 3. The Kier molecular flexibility index (Phi) is 12.7. The molecular formula is C34H32N7O20P3. The highest BCUT2D eigenvalue weighted by Crippen LogP contribution is 2.66. The fourth-order valence-electron chi connectivity index (χ4n) is 6.57. The minimum atomic E-state index is -5.89. The number of nitrogens with two attached hydrogens (primary N) is 1. The average molecular weight is 952 g/mol. The number of anilines is 1. The molecule has 6 atom stereocenters. The highest BCUT2D eigenvalue weighted by Gasteiger charge is 2.50. The van der Waals surface area contributed by atoms with E-state index in [1.807, 2.05) is 0 Å². The van der Waals surface area contributed by atoms with Gasteiger partial charge in [0.25, 0.3) is 5.91 Å². The van der Waals surface area contributed by atoms with Gasteiger partial charge in [-0.15, -0.1) is 0 Å². The molecule has 64 heavy (non-hydrogen) atoms. The van der Waals surface area contributed by atoms with Gasteiger partial charge in [-0.25, -0.2) is 38.2 Å². The lowest BCUT2D eigenvalue weighted by atomic mass is 9.89. The molecule has 2 aromatic heterocycles. The van der Waals surface area contributed by atoms with Gasteiger partial charge in [0.05, 0.1) is 18.5 Å². The first-order valence-corrected chi connectivity index (χ1v) is 22.5. The summed E-state index contributed by atoms with van der Waals surface area (Å²) in [6, 6.07) is 11.8. The van der Waals surface area contributed by atoms with Gasteiger partial charge in [-0.1, -0.05) is 0 Å². The van der Waals surface area contributed by atoms with Gasteiger partial charge >= 0.3 is 35.5 Å². The molecular weight excluding hydrogens is 919 g/mol. The molecule has 30 heteroatoms. The lowest BCUT2D eigenvalue weighted by Crippen LogP contribution is -2.41. The third kappa shape index (κ3) is 10.1. The molecule has 2 aromatic carbocycles. The number of carboxylic acids is 1. The number of carbonyl (C=O) groups is 3. The van der Waals surface area contributed by atoms with E-state index in [4.69, 9.17) is 29.4 Å². The SMILES string of the molecule is Nc1ncnc2c1ncn2C1OC(COP(=O)(O)OP(=O)(O)OP(=O)(O)O)C(O)C1OC(=O)NCCNC(=O)c1ccc(C(=O)O)c(-c2c3ccc(=O)cc-3oc3cc(O)ccc23)c1. The van der Waals surface area contributed by atoms with Gasteiger partial charge < -0.3 is 65.2 Å². The van der Waals surface area contributed by atoms with Crippen molar-refractivity contribution in [3.63, 3.8) is 0 Å². The topological polar surface area (TPSA) is 414 Å². The first-order valence-electron chi connectivity index (χ1n) is 17.9. The van der Waals surface area contributed by atoms with E-state index in [0.717, 1.165) is 17.2 Å². The van der Waals surface area contributed by atoms with Crippen LogP contribution >= 0.6 is 23.5 Å². The zero-order chi connectivity index (χ0) is 46.3. The first kappa shape index (κ1) is 45.8. The number of aromatic carboxylic acids is 1. The number of nitrogens with one attached hydrogen (secondary N) is 2. The number of carbonyl (C=O) groups excluding carboxylic acids is 2. The van der Waals surface area contributed by atoms with Gasteiger partial charge in [0, 0.05) is 47.3 Å². The van der Waals surface area contributed by atoms with E-state index < -0.39 is 78.0 Å². The Balaban J connectivity index is 1.05. The average Bonchev–Trinajstić information content (AvgIpc) is 3.76. The van der Waals surface area contributed by atoms with Crippen molar-refractivity contribution in [3.8, 4) is 28.2 Å². The van der Waals surface area contributed by atoms with Crippen molar-refractivity contribution in [1.29, 1.82) is 0 Å². The number of phenolic OH excluding ortho intramolecular Hbond substituents is 1. The van der Waals surface area contributed by atoms with Crippen molar-refractivity contribution in [1.82, 2.24) is 30.2 Å². The van der Waals surface area contributed by atoms with E-state index >= 15 is 0 Å². The molecule has 27 nitrogen and oxygen atoms in total. The molecule has 0 spiro atoms. The van der Waals surface area contributed by atoms with E-state index in [1.54, 1.807) is 0 Å². The number of aromatic nitrogens is 4. The van der Waals surface area contributed by atoms with Crippen LogP contribution in [-0.2, 0) is 36.3 Å². The molecule has 6 unspecified atom stereocenters. The van der Waals surface area contributed by atoms with E-state index in [-0.39, 0.29) is 63.9 Å². The van der Waals surface area contributed by atoms with Crippen LogP contribution in [0, 0.1) is 0 Å². The standard InChI is InChI=1S/C34H32N7O20P3/c35-29-26-30(39-13-38-29)41(14-40-26)32-28(27(44)24(58-32)12-56-63(52,53)61-64(54,55)60-62(49,50)51)59-34(48)37-8-7-36-31(45)15-1-4-18(33(46)47)21(9-15)25-19-5-2-16(42)10-22(19)57-23-11-17(43)3-6-20(23)25/h1-6,9-11,13-14,24,27-28,32,42,44H,7-8,12H2,(H,36,45)(H,37,48)(H,46,47)(H,52,53)(H,54,55)(H2,35,38,39)(H2,49,50,51). The predicted octanol–water partition coefficient (Wildman–Crippen LogP) is 1.82. The summed E-state index contributed by atoms with van der Waals surface area (Å²) in [6.07, 6.45) is -5.86. The molecule has 4 aromatic rings. The number of nitrogens with zero attached hydrogens (tertiary/aromatic N) is 4. The number of nitrogen functional groups attached to an aromatic ring is 1. The Morgan fingerprint density at radius 1 is 0.891 bits per heavy atom. The Morgan fingerprint density at radius 2 is 1.64 bits per heavy atom. The normalized spacial score (nSPS) is 19.6. The molecule has 0 saturated carbocycles. The summed E-state index contributed by atoms with van der Waals surface area (Å²) in [5.74, 6) is -2.20. The van der Waals surface area contributed by atoms with Crippen LogP contribution < -0.4 is 21.8 Å². The highest BCUT2D eigenvalue weighted by molar-refractivity contribution is 7.66. The summed E-state index contributed by atoms with van der Waals surface area (Å²) in [4.78, 5) is 100. The van der Waals surface area contributed by atoms with Gasteiger partial charge in [-0.3, -0.25) is 18.7 Å². The number of rotatable bonds is 15. The van der Waals surface area contributed by atoms with Crippen LogP contribution in [0.4, 0.5) is 10.6 Å². The minimum Gasteiger partial charge on any atom is -0.508 e. The highest BCUT2D eigenvalue weighted by atomic mass is 31.3. The maximum absolute atomic E-state index is 13.4. The number of hydrogen-bond donors (Lipinski definition) is 10. The Hall–Kier alpha value is -6.18. The van der Waals surface area contributed by atoms with Crippen LogP contribution in [0.2, 0.25) is 0 Å². The van der Waals surface area contributed by atoms with Crippen molar-refractivity contribution >= 4 is 69.4 Å². The monoisotopic (exact) mass is 951 g/mol. The number of ether oxygens (including phenoxy) is 2. The molecule has 1 aliphatic carbocycles. The molecule has 0 bridgehead atoms. The third-order valence-corrected chi connectivity index (χ3v) is 13.0. The number of aliphatic hydroxyl groups excluding tert-OH is 1. The smallest absolute Gasteiger partial charge is 0.490 e. The summed E-state index contributed by atoms with van der Waals surface area (Å²) < 4.78 is 65.3. The second kappa shape index (κ2) is 17.8. The minimum absolute atomic E-state index is 0.00836. The summed E-state index contributed by atoms with van der Waals surface area (Å²) in [7, 11) is -17.3. The van der Waals surface area contributed by atoms with Gasteiger partial charge in [0.15, 0.2) is 29.2 Å². The summed E-state index contributed by atoms with van der Waals surface area (Å²) >= 11 is 0. The van der Waals surface area contributed by atoms with Crippen molar-refractivity contribution in [2.24, 2.45) is 0 Å². The molecule has 1 saturated heterocycles. The number of phosphoric acid groups is 3. The Bertz CT molecular complexity index is 3000. The maximum Gasteiger partial charge on any atom is 0.490 e. The zero-order valence-corrected chi connectivity index (χ0v) is 34.6. The van der Waals surface area contributed by atoms with Gasteiger partial charge in [0.1, 0.15) is 41.1 Å². The number of carboxylic acid groups (broad SMARTS) is 1. The number of phosphoric ester groups is 1. The number of aliphatic hydroxyl groups is 1. The Morgan fingerprint density at radius 3 is 2.38 bits per heavy atom. The molecule has 3 aliphatic rings. The van der Waals surface area contributed by atoms with Crippen LogP contribution in [0.3, 0.4) is 0 Å². The first-order chi connectivity index (χ1) is 30.1. The number of hydrogen-bond acceptors (Lipinski definition) is 19. The van der Waals surface area contributed by atoms with E-state index in [9.17, 15) is 58.0 Å². The quantitative estimate of drug-likeness (QED) is 0.0398. The summed E-state index contributed by atoms with van der Waals surface area (Å²) in [5, 5.41) is 36.7. The van der Waals surface area contributed by atoms with Crippen molar-refractivity contribution < 1.29 is 90.0 Å². The number of alkyl carbamates (subject to hydrolysis) is 1. The molecule has 7 rings (SSSR count). The fourth-order valence-corrected chi connectivity index (χ4v) is 9.60. The van der Waals surface area contributed by atoms with E-state index in [2.05, 4.69) is 38.7 Å². The number of imidazole rings is 1. The molecule has 1 fully saturated rings. The second-order valence-corrected chi connectivity index (χ2v) is 17.9. The van der Waals surface area contributed by atoms with Crippen LogP contribution in [0.25, 0.3) is 44.6 Å². The lowest BCUT2D eigenvalue weighted by molar-refractivity contribution is -0.0522. The fraction of sp³-hybridized carbons (Fsp3) is 0.206. The lowest BCUT2D eigenvalue weighted by Gasteiger charge is -2.22. The van der Waals surface area contributed by atoms with Gasteiger partial charge in [0.2, 0.25) is 0 Å². The second-order valence-electron chi connectivity index (χ2n) is 13.5. The van der Waals surface area contributed by atoms with Gasteiger partial charge in [-0.2, -0.15) is 8.62 Å². The molecule has 4 heterocycles. The van der Waals surface area contributed by atoms with Crippen molar-refractivity contribution in [3.05, 3.63) is 88.6 Å². The number of aromatic hydroxyl groups is 1. The zero-order valence-electron chi connectivity index (χ0n) is 31.9. The van der Waals surface area contributed by atoms with Crippen LogP contribution in [0.15, 0.2) is 76.5 Å². The Labute approximate surface area is 355 Å². The molecule has 338 valence electrons. The number of amides is 2. The third-order valence-electron chi connectivity index (χ3n) is 9.17. The summed E-state index contributed by atoms with van der Waals surface area (Å²) in [6.45, 7) is -1.68. The van der Waals surface area contributed by atoms with Crippen LogP contribution in [-0.4, -0.2) is 110 Å². The predicted molar refractivity (Wildman–Crippen MR) is 213 cm³/mol. The largest absolute Gasteiger partial charge is 0.508 e. The summed E-state index contributed by atoms with van der Waals surface area (Å²) in [5.41, 5.74) is 6.13. The molecule has 0 radical (unpaired) electrons. The van der Waals surface area contributed by atoms with E-state index in [0.29, 0.717) is 16.5 Å². The van der Waals surface area contributed by atoms with Crippen molar-refractivity contribution in [2.45, 2.75) is 24.5 Å². The molecule has 11 N–H and O–H groups in total. The molecule has 2 amide bonds. The van der Waals surface area contributed by atoms with Crippen LogP contribution in [0.5, 0.6) is 5.75 Å². The maximum atomic E-state index is 13.4. The number of phenols is 1. The molecule has 2 aliphatic heterocycles. The van der Waals surface area contributed by atoms with E-state index in [1.165, 1.54) is 54.6 Å². The van der Waals surface area contributed by atoms with Crippen LogP contribution in [0.1, 0.15) is 26.9 Å². The van der Waals surface area contributed by atoms with Gasteiger partial charge in [-0.05, 0) is 48.0 Å². The number of fused-ring (bicyclic) bond motifs is 3.